The smallest absolute Gasteiger partial charge is 0.258 e. The lowest BCUT2D eigenvalue weighted by atomic mass is 9.95. The van der Waals surface area contributed by atoms with Crippen LogP contribution in [0.1, 0.15) is 67.8 Å². The molecule has 220 valence electrons. The molecule has 1 saturated carbocycles. The van der Waals surface area contributed by atoms with Crippen LogP contribution in [0.5, 0.6) is 5.88 Å². The molecule has 2 aliphatic rings. The molecule has 1 aliphatic heterocycles. The first kappa shape index (κ1) is 30.5. The normalized spacial score (nSPS) is 16.0. The number of nitrogens with two attached hydrogens (primary N) is 1. The topological polar surface area (TPSA) is 127 Å². The maximum absolute atomic E-state index is 13.3. The van der Waals surface area contributed by atoms with Gasteiger partial charge >= 0.3 is 0 Å². The minimum atomic E-state index is -0.172. The number of hydrogen-bond donors (Lipinski definition) is 3. The number of aromatic nitrogens is 3. The van der Waals surface area contributed by atoms with Crippen LogP contribution in [0, 0.1) is 0 Å². The summed E-state index contributed by atoms with van der Waals surface area (Å²) >= 11 is 1.48. The van der Waals surface area contributed by atoms with E-state index in [1.54, 1.807) is 12.3 Å². The summed E-state index contributed by atoms with van der Waals surface area (Å²) in [6, 6.07) is 9.88. The molecule has 11 heteroatoms. The fourth-order valence-electron chi connectivity index (χ4n) is 5.38. The lowest BCUT2D eigenvalue weighted by Crippen LogP contribution is -2.33. The number of hydrogen-bond acceptors (Lipinski definition) is 8. The summed E-state index contributed by atoms with van der Waals surface area (Å²) in [5.41, 5.74) is 6.50. The molecule has 2 amide bonds. The fraction of sp³-hybridized carbons (Fsp3) is 0.467. The van der Waals surface area contributed by atoms with Gasteiger partial charge in [0.25, 0.3) is 5.91 Å². The molecule has 0 atom stereocenters. The van der Waals surface area contributed by atoms with Crippen molar-refractivity contribution < 1.29 is 14.3 Å². The second kappa shape index (κ2) is 16.1. The molecule has 3 heterocycles. The van der Waals surface area contributed by atoms with Gasteiger partial charge in [0.1, 0.15) is 12.1 Å². The summed E-state index contributed by atoms with van der Waals surface area (Å²) in [5, 5.41) is 3.11. The van der Waals surface area contributed by atoms with Gasteiger partial charge in [0, 0.05) is 35.7 Å². The number of carbonyl (C=O) groups is 2. The van der Waals surface area contributed by atoms with E-state index in [0.29, 0.717) is 30.5 Å². The van der Waals surface area contributed by atoms with E-state index in [2.05, 4.69) is 36.8 Å². The zero-order valence-electron chi connectivity index (χ0n) is 23.6. The first-order valence-corrected chi connectivity index (χ1v) is 15.2. The highest BCUT2D eigenvalue weighted by Crippen LogP contribution is 2.35. The molecule has 1 aliphatic carbocycles. The molecule has 0 bridgehead atoms. The van der Waals surface area contributed by atoms with Gasteiger partial charge in [0.2, 0.25) is 18.2 Å². The van der Waals surface area contributed by atoms with E-state index >= 15 is 0 Å². The number of benzene rings is 1. The summed E-state index contributed by atoms with van der Waals surface area (Å²) in [4.78, 5) is 34.7. The Morgan fingerprint density at radius 2 is 1.90 bits per heavy atom. The molecule has 4 N–H and O–H groups in total. The van der Waals surface area contributed by atoms with Gasteiger partial charge in [-0.25, -0.2) is 9.97 Å². The molecule has 0 radical (unpaired) electrons. The van der Waals surface area contributed by atoms with Crippen LogP contribution < -0.4 is 20.5 Å². The highest BCUT2D eigenvalue weighted by molar-refractivity contribution is 7.97. The van der Waals surface area contributed by atoms with E-state index in [9.17, 15) is 4.79 Å². The van der Waals surface area contributed by atoms with Crippen LogP contribution >= 0.6 is 11.9 Å². The fourth-order valence-corrected chi connectivity index (χ4v) is 6.08. The number of rotatable bonds is 11. The van der Waals surface area contributed by atoms with E-state index < -0.39 is 0 Å². The van der Waals surface area contributed by atoms with Crippen LogP contribution in [-0.2, 0) is 4.79 Å². The summed E-state index contributed by atoms with van der Waals surface area (Å²) in [7, 11) is 0. The van der Waals surface area contributed by atoms with Crippen molar-refractivity contribution in [1.29, 1.82) is 0 Å². The summed E-state index contributed by atoms with van der Waals surface area (Å²) in [6.07, 6.45) is 13.5. The standard InChI is InChI=1S/C29H38N6O2S.CH3NO/c1-2-14-31-38-24-13-9-10-22(19-24)28(36)33-29-32-25-21-30-27(37-18-17-34-15-7-4-8-16-34)20-26(25)35(29)23-11-5-3-6-12-23;2-1-3/h2,9-10,13,19-21,23,31H,1,3-8,11-12,14-18H2,(H,32,33,36);1H,(H2,2,3). The quantitative estimate of drug-likeness (QED) is 0.126. The molecule has 3 aromatic rings. The number of fused-ring (bicyclic) bond motifs is 1. The molecule has 2 aromatic heterocycles. The van der Waals surface area contributed by atoms with E-state index in [0.717, 1.165) is 48.4 Å². The third kappa shape index (κ3) is 8.79. The van der Waals surface area contributed by atoms with Crippen molar-refractivity contribution in [2.24, 2.45) is 5.73 Å². The predicted molar refractivity (Wildman–Crippen MR) is 164 cm³/mol. The monoisotopic (exact) mass is 579 g/mol. The molecule has 5 rings (SSSR count). The van der Waals surface area contributed by atoms with Gasteiger partial charge < -0.3 is 15.0 Å². The third-order valence-corrected chi connectivity index (χ3v) is 8.14. The largest absolute Gasteiger partial charge is 0.476 e. The lowest BCUT2D eigenvalue weighted by molar-refractivity contribution is -0.106. The Labute approximate surface area is 246 Å². The van der Waals surface area contributed by atoms with Gasteiger partial charge in [-0.2, -0.15) is 0 Å². The first-order valence-electron chi connectivity index (χ1n) is 14.4. The van der Waals surface area contributed by atoms with Crippen molar-refractivity contribution >= 4 is 41.2 Å². The highest BCUT2D eigenvalue weighted by Gasteiger charge is 2.24. The summed E-state index contributed by atoms with van der Waals surface area (Å²) < 4.78 is 11.5. The zero-order valence-corrected chi connectivity index (χ0v) is 24.4. The van der Waals surface area contributed by atoms with E-state index in [-0.39, 0.29) is 18.4 Å². The van der Waals surface area contributed by atoms with Gasteiger partial charge in [0.15, 0.2) is 0 Å². The van der Waals surface area contributed by atoms with Gasteiger partial charge in [-0.15, -0.1) is 6.58 Å². The number of nitrogens with one attached hydrogen (secondary N) is 2. The molecular weight excluding hydrogens is 538 g/mol. The van der Waals surface area contributed by atoms with Crippen LogP contribution in [0.2, 0.25) is 0 Å². The molecule has 1 aromatic carbocycles. The van der Waals surface area contributed by atoms with Crippen LogP contribution in [0.4, 0.5) is 5.95 Å². The van der Waals surface area contributed by atoms with Crippen molar-refractivity contribution in [2.45, 2.75) is 62.3 Å². The van der Waals surface area contributed by atoms with Crippen molar-refractivity contribution in [3.05, 3.63) is 54.7 Å². The Balaban J connectivity index is 0.00000124. The number of anilines is 1. The second-order valence-corrected chi connectivity index (χ2v) is 11.2. The Morgan fingerprint density at radius 3 is 2.66 bits per heavy atom. The molecule has 10 nitrogen and oxygen atoms in total. The molecule has 41 heavy (non-hydrogen) atoms. The van der Waals surface area contributed by atoms with Crippen molar-refractivity contribution in [3.8, 4) is 5.88 Å². The maximum atomic E-state index is 13.3. The number of piperidine rings is 1. The first-order chi connectivity index (χ1) is 20.1. The minimum absolute atomic E-state index is 0.172. The van der Waals surface area contributed by atoms with Crippen molar-refractivity contribution in [3.63, 3.8) is 0 Å². The predicted octanol–water partition coefficient (Wildman–Crippen LogP) is 4.94. The number of nitrogens with zero attached hydrogens (tertiary/aromatic N) is 4. The highest BCUT2D eigenvalue weighted by atomic mass is 32.2. The van der Waals surface area contributed by atoms with Crippen molar-refractivity contribution in [2.75, 3.05) is 38.1 Å². The number of imidazole rings is 1. The number of likely N-dealkylation sites (tertiary alicyclic amines) is 1. The summed E-state index contributed by atoms with van der Waals surface area (Å²) in [6.45, 7) is 8.26. The average molecular weight is 580 g/mol. The van der Waals surface area contributed by atoms with Gasteiger partial charge in [-0.05, 0) is 68.9 Å². The molecule has 0 unspecified atom stereocenters. The Morgan fingerprint density at radius 1 is 1.15 bits per heavy atom. The van der Waals surface area contributed by atoms with E-state index in [1.807, 2.05) is 30.3 Å². The van der Waals surface area contributed by atoms with Gasteiger partial charge in [0.05, 0.1) is 11.7 Å². The Hall–Kier alpha value is -3.41. The minimum Gasteiger partial charge on any atom is -0.476 e. The summed E-state index contributed by atoms with van der Waals surface area (Å²) in [5.74, 6) is 1.02. The number of ether oxygens (including phenoxy) is 1. The number of amides is 2. The molecule has 1 saturated heterocycles. The van der Waals surface area contributed by atoms with Crippen LogP contribution in [-0.4, -0.2) is 64.5 Å². The number of primary amides is 1. The van der Waals surface area contributed by atoms with Crippen LogP contribution in [0.3, 0.4) is 0 Å². The van der Waals surface area contributed by atoms with Gasteiger partial charge in [-0.1, -0.05) is 37.8 Å². The van der Waals surface area contributed by atoms with Crippen molar-refractivity contribution in [1.82, 2.24) is 24.2 Å². The van der Waals surface area contributed by atoms with E-state index in [4.69, 9.17) is 14.5 Å². The Bertz CT molecular complexity index is 1290. The van der Waals surface area contributed by atoms with Crippen LogP contribution in [0.15, 0.2) is 54.1 Å². The lowest BCUT2D eigenvalue weighted by Gasteiger charge is -2.26. The third-order valence-electron chi connectivity index (χ3n) is 7.34. The van der Waals surface area contributed by atoms with Crippen LogP contribution in [0.25, 0.3) is 11.0 Å². The van der Waals surface area contributed by atoms with E-state index in [1.165, 1.54) is 50.5 Å². The Kier molecular flexibility index (Phi) is 12.0. The maximum Gasteiger partial charge on any atom is 0.258 e. The molecular formula is C30H41N7O3S. The number of pyridine rings is 1. The number of carbonyl (C=O) groups excluding carboxylic acids is 2. The molecule has 0 spiro atoms. The second-order valence-electron chi connectivity index (χ2n) is 10.2. The molecule has 2 fully saturated rings. The zero-order chi connectivity index (χ0) is 28.9. The average Bonchev–Trinajstić information content (AvgIpc) is 3.36. The van der Waals surface area contributed by atoms with Gasteiger partial charge in [-0.3, -0.25) is 24.5 Å². The SMILES string of the molecule is C=CCNSc1cccc(C(=O)Nc2nc3cnc(OCCN4CCCCC4)cc3n2C2CCCCC2)c1.NC=O.